The maximum absolute atomic E-state index is 16.6. The number of ether oxygens (including phenoxy) is 1. The van der Waals surface area contributed by atoms with E-state index >= 15 is 4.39 Å². The average Bonchev–Trinajstić information content (AvgIpc) is 2.97. The number of nitrogens with zero attached hydrogens (tertiary/aromatic N) is 4. The molecule has 4 aromatic rings. The molecule has 2 N–H and O–H groups in total. The molecule has 6 rings (SSSR count). The summed E-state index contributed by atoms with van der Waals surface area (Å²) >= 11 is 6.80. The third-order valence-electron chi connectivity index (χ3n) is 7.60. The zero-order valence-electron chi connectivity index (χ0n) is 21.9. The SMILES string of the molecule is C=CC(=O)N1CCN(c2nc(NC3CCOCC3)nc3c(F)c(-c4cc(O)cc5ccccc45)c(Cl)cc23)CC1. The fraction of sp³-hybridized carbons (Fsp3) is 0.300. The Morgan fingerprint density at radius 2 is 1.85 bits per heavy atom. The van der Waals surface area contributed by atoms with Crippen LogP contribution in [0, 0.1) is 5.82 Å². The summed E-state index contributed by atoms with van der Waals surface area (Å²) in [5.41, 5.74) is 0.788. The quantitative estimate of drug-likeness (QED) is 0.316. The van der Waals surface area contributed by atoms with Gasteiger partial charge in [0, 0.05) is 56.4 Å². The molecule has 1 amide bonds. The average molecular weight is 562 g/mol. The van der Waals surface area contributed by atoms with Gasteiger partial charge in [-0.3, -0.25) is 4.79 Å². The molecule has 2 aliphatic heterocycles. The highest BCUT2D eigenvalue weighted by Gasteiger charge is 2.27. The van der Waals surface area contributed by atoms with Crippen LogP contribution in [0.25, 0.3) is 32.8 Å². The molecule has 40 heavy (non-hydrogen) atoms. The van der Waals surface area contributed by atoms with Crippen molar-refractivity contribution in [1.29, 1.82) is 0 Å². The van der Waals surface area contributed by atoms with Crippen LogP contribution in [-0.4, -0.2) is 71.3 Å². The zero-order chi connectivity index (χ0) is 27.8. The van der Waals surface area contributed by atoms with Crippen LogP contribution < -0.4 is 10.2 Å². The van der Waals surface area contributed by atoms with Crippen molar-refractivity contribution >= 4 is 50.9 Å². The number of rotatable bonds is 5. The number of nitrogens with one attached hydrogen (secondary N) is 1. The Hall–Kier alpha value is -3.95. The molecular weight excluding hydrogens is 533 g/mol. The summed E-state index contributed by atoms with van der Waals surface area (Å²) in [5.74, 6) is 0.190. The van der Waals surface area contributed by atoms with Gasteiger partial charge in [0.2, 0.25) is 11.9 Å². The van der Waals surface area contributed by atoms with E-state index < -0.39 is 5.82 Å². The molecule has 0 radical (unpaired) electrons. The van der Waals surface area contributed by atoms with Crippen LogP contribution in [0.4, 0.5) is 16.2 Å². The number of aromatic nitrogens is 2. The highest BCUT2D eigenvalue weighted by Crippen LogP contribution is 2.42. The van der Waals surface area contributed by atoms with Gasteiger partial charge in [-0.2, -0.15) is 4.98 Å². The highest BCUT2D eigenvalue weighted by atomic mass is 35.5. The van der Waals surface area contributed by atoms with Gasteiger partial charge in [-0.1, -0.05) is 42.4 Å². The number of hydrogen-bond donors (Lipinski definition) is 2. The number of carbonyl (C=O) groups excluding carboxylic acids is 1. The maximum Gasteiger partial charge on any atom is 0.246 e. The van der Waals surface area contributed by atoms with Crippen LogP contribution in [0.3, 0.4) is 0 Å². The van der Waals surface area contributed by atoms with Crippen molar-refractivity contribution in [3.63, 3.8) is 0 Å². The van der Waals surface area contributed by atoms with Crippen molar-refractivity contribution in [1.82, 2.24) is 14.9 Å². The molecule has 2 fully saturated rings. The third-order valence-corrected chi connectivity index (χ3v) is 7.90. The first-order chi connectivity index (χ1) is 19.4. The molecule has 2 saturated heterocycles. The minimum absolute atomic E-state index is 0.0152. The van der Waals surface area contributed by atoms with Crippen LogP contribution in [0.5, 0.6) is 5.75 Å². The highest BCUT2D eigenvalue weighted by molar-refractivity contribution is 6.35. The molecule has 1 aromatic heterocycles. The van der Waals surface area contributed by atoms with Crippen molar-refractivity contribution in [3.8, 4) is 16.9 Å². The van der Waals surface area contributed by atoms with E-state index in [1.807, 2.05) is 29.2 Å². The fourth-order valence-electron chi connectivity index (χ4n) is 5.53. The van der Waals surface area contributed by atoms with Gasteiger partial charge in [0.1, 0.15) is 17.1 Å². The van der Waals surface area contributed by atoms with E-state index in [1.165, 1.54) is 12.1 Å². The van der Waals surface area contributed by atoms with Crippen molar-refractivity contribution in [2.75, 3.05) is 49.6 Å². The summed E-state index contributed by atoms with van der Waals surface area (Å²) in [7, 11) is 0. The largest absolute Gasteiger partial charge is 0.508 e. The second-order valence-corrected chi connectivity index (χ2v) is 10.5. The van der Waals surface area contributed by atoms with E-state index in [-0.39, 0.29) is 33.8 Å². The topological polar surface area (TPSA) is 90.8 Å². The van der Waals surface area contributed by atoms with Gasteiger partial charge in [-0.25, -0.2) is 9.37 Å². The zero-order valence-corrected chi connectivity index (χ0v) is 22.6. The molecule has 8 nitrogen and oxygen atoms in total. The predicted octanol–water partition coefficient (Wildman–Crippen LogP) is 5.37. The molecular formula is C30H29ClFN5O3. The number of halogens is 2. The minimum Gasteiger partial charge on any atom is -0.508 e. The molecule has 0 spiro atoms. The third kappa shape index (κ3) is 4.91. The summed E-state index contributed by atoms with van der Waals surface area (Å²) in [4.78, 5) is 25.4. The smallest absolute Gasteiger partial charge is 0.246 e. The Balaban J connectivity index is 1.50. The van der Waals surface area contributed by atoms with Crippen LogP contribution >= 0.6 is 11.6 Å². The number of anilines is 2. The molecule has 0 saturated carbocycles. The first kappa shape index (κ1) is 26.3. The van der Waals surface area contributed by atoms with Gasteiger partial charge in [-0.05, 0) is 53.5 Å². The second kappa shape index (κ2) is 10.9. The number of aromatic hydroxyl groups is 1. The molecule has 3 heterocycles. The Morgan fingerprint density at radius 3 is 2.60 bits per heavy atom. The second-order valence-electron chi connectivity index (χ2n) is 10.1. The first-order valence-corrected chi connectivity index (χ1v) is 13.7. The number of benzene rings is 3. The number of piperazine rings is 1. The molecule has 2 aliphatic rings. The van der Waals surface area contributed by atoms with Crippen LogP contribution in [-0.2, 0) is 9.53 Å². The number of phenolic OH excluding ortho intramolecular Hbond substituents is 1. The number of carbonyl (C=O) groups is 1. The number of phenols is 1. The lowest BCUT2D eigenvalue weighted by Gasteiger charge is -2.35. The van der Waals surface area contributed by atoms with Gasteiger partial charge in [-0.15, -0.1) is 0 Å². The molecule has 206 valence electrons. The normalized spacial score (nSPS) is 16.4. The van der Waals surface area contributed by atoms with Crippen molar-refractivity contribution in [2.24, 2.45) is 0 Å². The summed E-state index contributed by atoms with van der Waals surface area (Å²) < 4.78 is 22.1. The molecule has 0 atom stereocenters. The summed E-state index contributed by atoms with van der Waals surface area (Å²) in [5, 5.41) is 16.0. The molecule has 0 unspecified atom stereocenters. The lowest BCUT2D eigenvalue weighted by Crippen LogP contribution is -2.48. The molecule has 10 heteroatoms. The predicted molar refractivity (Wildman–Crippen MR) is 156 cm³/mol. The number of hydrogen-bond acceptors (Lipinski definition) is 7. The standard InChI is InChI=1S/C30H29ClFN5O3/c1-2-25(39)36-9-11-37(12-10-36)29-23-17-24(31)26(22-16-20(38)15-18-5-3-4-6-21(18)22)27(32)28(23)34-30(35-29)33-19-7-13-40-14-8-19/h2-6,15-17,19,38H,1,7-14H2,(H,33,34,35). The first-order valence-electron chi connectivity index (χ1n) is 13.4. The van der Waals surface area contributed by atoms with E-state index in [4.69, 9.17) is 21.3 Å². The molecule has 0 bridgehead atoms. The van der Waals surface area contributed by atoms with E-state index in [2.05, 4.69) is 16.9 Å². The van der Waals surface area contributed by atoms with E-state index in [9.17, 15) is 9.90 Å². The Bertz CT molecular complexity index is 1620. The Labute approximate surface area is 236 Å². The molecule has 0 aliphatic carbocycles. The van der Waals surface area contributed by atoms with E-state index in [1.54, 1.807) is 17.0 Å². The van der Waals surface area contributed by atoms with Crippen LogP contribution in [0.2, 0.25) is 5.02 Å². The lowest BCUT2D eigenvalue weighted by atomic mass is 9.96. The van der Waals surface area contributed by atoms with E-state index in [0.717, 1.165) is 23.6 Å². The summed E-state index contributed by atoms with van der Waals surface area (Å²) in [6, 6.07) is 12.4. The van der Waals surface area contributed by atoms with Gasteiger partial charge in [0.15, 0.2) is 5.82 Å². The van der Waals surface area contributed by atoms with Gasteiger partial charge < -0.3 is 25.0 Å². The lowest BCUT2D eigenvalue weighted by molar-refractivity contribution is -0.126. The summed E-state index contributed by atoms with van der Waals surface area (Å²) in [6.45, 7) is 6.86. The van der Waals surface area contributed by atoms with Crippen LogP contribution in [0.1, 0.15) is 12.8 Å². The monoisotopic (exact) mass is 561 g/mol. The van der Waals surface area contributed by atoms with E-state index in [0.29, 0.717) is 62.1 Å². The molecule has 3 aromatic carbocycles. The van der Waals surface area contributed by atoms with Crippen molar-refractivity contribution in [3.05, 3.63) is 66.0 Å². The Kier molecular flexibility index (Phi) is 7.16. The van der Waals surface area contributed by atoms with Crippen molar-refractivity contribution < 1.29 is 19.0 Å². The number of amides is 1. The number of fused-ring (bicyclic) bond motifs is 2. The minimum atomic E-state index is -0.586. The fourth-order valence-corrected chi connectivity index (χ4v) is 5.82. The van der Waals surface area contributed by atoms with Gasteiger partial charge in [0.25, 0.3) is 0 Å². The van der Waals surface area contributed by atoms with Crippen molar-refractivity contribution in [2.45, 2.75) is 18.9 Å². The maximum atomic E-state index is 16.6. The Morgan fingerprint density at radius 1 is 1.10 bits per heavy atom. The van der Waals surface area contributed by atoms with Crippen LogP contribution in [0.15, 0.2) is 55.1 Å². The summed E-state index contributed by atoms with van der Waals surface area (Å²) in [6.07, 6.45) is 2.90. The van der Waals surface area contributed by atoms with Gasteiger partial charge in [0.05, 0.1) is 5.02 Å². The van der Waals surface area contributed by atoms with Gasteiger partial charge >= 0.3 is 0 Å².